The number of aliphatic hydroxyl groups is 1. The largest absolute Gasteiger partial charge is 0.453 e. The van der Waals surface area contributed by atoms with Gasteiger partial charge in [-0.1, -0.05) is 126 Å². The summed E-state index contributed by atoms with van der Waals surface area (Å²) in [6.45, 7) is 11.3. The maximum atomic E-state index is 14.8. The van der Waals surface area contributed by atoms with E-state index in [4.69, 9.17) is 0 Å². The summed E-state index contributed by atoms with van der Waals surface area (Å²) in [7, 11) is 1.29. The Morgan fingerprint density at radius 2 is 1.49 bits per heavy atom. The summed E-state index contributed by atoms with van der Waals surface area (Å²) >= 11 is 0. The molecule has 0 bridgehead atoms. The summed E-state index contributed by atoms with van der Waals surface area (Å²) < 4.78 is 4.67. The monoisotopic (exact) mass is 804 g/mol. The molecular formula is C47H60N6O6. The number of benzene rings is 3. The van der Waals surface area contributed by atoms with E-state index < -0.39 is 35.1 Å². The summed E-state index contributed by atoms with van der Waals surface area (Å²) in [6.07, 6.45) is 0.863. The van der Waals surface area contributed by atoms with Gasteiger partial charge < -0.3 is 35.6 Å². The van der Waals surface area contributed by atoms with Gasteiger partial charge in [0.1, 0.15) is 6.04 Å². The fraction of sp³-hybridized carbons (Fsp3) is 0.426. The molecule has 0 aliphatic carbocycles. The number of carbonyl (C=O) groups is 4. The molecule has 2 heterocycles. The Labute approximate surface area is 348 Å². The minimum atomic E-state index is -1.09. The van der Waals surface area contributed by atoms with Crippen molar-refractivity contribution in [2.45, 2.75) is 84.5 Å². The lowest BCUT2D eigenvalue weighted by Crippen LogP contribution is -2.59. The molecule has 1 saturated heterocycles. The molecule has 59 heavy (non-hydrogen) atoms. The normalized spacial score (nSPS) is 15.2. The molecule has 3 aromatic carbocycles. The quantitative estimate of drug-likeness (QED) is 0.0890. The highest BCUT2D eigenvalue weighted by atomic mass is 16.5. The second-order valence-corrected chi connectivity index (χ2v) is 17.2. The van der Waals surface area contributed by atoms with Crippen molar-refractivity contribution in [3.05, 3.63) is 126 Å². The van der Waals surface area contributed by atoms with Gasteiger partial charge in [0.15, 0.2) is 0 Å². The Morgan fingerprint density at radius 1 is 0.831 bits per heavy atom. The molecule has 0 spiro atoms. The number of nitrogens with zero attached hydrogens (tertiary/aromatic N) is 3. The van der Waals surface area contributed by atoms with Crippen LogP contribution < -0.4 is 16.0 Å². The molecule has 5 amide bonds. The van der Waals surface area contributed by atoms with E-state index in [-0.39, 0.29) is 49.7 Å². The Balaban J connectivity index is 1.41. The van der Waals surface area contributed by atoms with Gasteiger partial charge in [-0.15, -0.1) is 0 Å². The van der Waals surface area contributed by atoms with Crippen LogP contribution in [0.5, 0.6) is 0 Å². The Bertz CT molecular complexity index is 1970. The van der Waals surface area contributed by atoms with Gasteiger partial charge in [-0.2, -0.15) is 0 Å². The van der Waals surface area contributed by atoms with Crippen molar-refractivity contribution in [2.24, 2.45) is 10.8 Å². The number of aliphatic hydroxyl groups excluding tert-OH is 1. The molecule has 4 unspecified atom stereocenters. The van der Waals surface area contributed by atoms with E-state index in [0.29, 0.717) is 26.1 Å². The second kappa shape index (κ2) is 20.3. The average molecular weight is 805 g/mol. The molecule has 12 heteroatoms. The molecule has 1 aliphatic heterocycles. The Kier molecular flexibility index (Phi) is 15.3. The average Bonchev–Trinajstić information content (AvgIpc) is 3.56. The lowest BCUT2D eigenvalue weighted by molar-refractivity contribution is -0.130. The fourth-order valence-electron chi connectivity index (χ4n) is 7.74. The van der Waals surface area contributed by atoms with E-state index in [9.17, 15) is 24.3 Å². The zero-order valence-electron chi connectivity index (χ0n) is 35.2. The topological polar surface area (TPSA) is 153 Å². The molecule has 1 aromatic heterocycles. The highest BCUT2D eigenvalue weighted by Gasteiger charge is 2.45. The minimum Gasteiger partial charge on any atom is -0.453 e. The molecule has 12 nitrogen and oxygen atoms in total. The number of methoxy groups -OCH3 is 1. The molecule has 0 radical (unpaired) electrons. The Morgan fingerprint density at radius 3 is 2.12 bits per heavy atom. The van der Waals surface area contributed by atoms with E-state index >= 15 is 0 Å². The summed E-state index contributed by atoms with van der Waals surface area (Å²) in [5.41, 5.74) is 3.56. The van der Waals surface area contributed by atoms with Gasteiger partial charge in [-0.25, -0.2) is 9.59 Å². The van der Waals surface area contributed by atoms with Crippen LogP contribution in [0.15, 0.2) is 109 Å². The summed E-state index contributed by atoms with van der Waals surface area (Å²) in [4.78, 5) is 61.4. The lowest BCUT2D eigenvalue weighted by Gasteiger charge is -2.39. The molecule has 4 atom stereocenters. The van der Waals surface area contributed by atoms with Crippen LogP contribution >= 0.6 is 0 Å². The number of rotatable bonds is 18. The van der Waals surface area contributed by atoms with Crippen LogP contribution in [-0.2, 0) is 27.3 Å². The number of carbonyl (C=O) groups excluding carboxylic acids is 4. The number of aromatic nitrogens is 1. The third-order valence-electron chi connectivity index (χ3n) is 10.8. The number of pyridine rings is 1. The summed E-state index contributed by atoms with van der Waals surface area (Å²) in [5, 5.41) is 21.0. The van der Waals surface area contributed by atoms with Gasteiger partial charge in [0.2, 0.25) is 11.8 Å². The van der Waals surface area contributed by atoms with Gasteiger partial charge in [-0.3, -0.25) is 14.6 Å². The predicted octanol–water partition coefficient (Wildman–Crippen LogP) is 6.55. The van der Waals surface area contributed by atoms with Crippen LogP contribution in [0, 0.1) is 10.8 Å². The van der Waals surface area contributed by atoms with Gasteiger partial charge >= 0.3 is 12.1 Å². The molecule has 4 aromatic rings. The first-order valence-electron chi connectivity index (χ1n) is 20.4. The van der Waals surface area contributed by atoms with Gasteiger partial charge in [0.25, 0.3) is 0 Å². The third-order valence-corrected chi connectivity index (χ3v) is 10.8. The van der Waals surface area contributed by atoms with E-state index in [1.807, 2.05) is 138 Å². The van der Waals surface area contributed by atoms with E-state index in [1.165, 1.54) is 7.11 Å². The van der Waals surface area contributed by atoms with Crippen LogP contribution in [0.4, 0.5) is 9.59 Å². The SMILES string of the molecule is COC(=O)NCC(C)(C)CC(=O)NCCC(O)C(NC(=O)C(N1CCN(Cc2ccccc2)C1=O)C(C)(C)C)C(Cc1ccc(-c2ccccn2)cc1)c1ccccc1. The minimum absolute atomic E-state index is 0.132. The van der Waals surface area contributed by atoms with Gasteiger partial charge in [0.05, 0.1) is 24.9 Å². The summed E-state index contributed by atoms with van der Waals surface area (Å²) in [6, 6.07) is 31.7. The maximum Gasteiger partial charge on any atom is 0.406 e. The molecular weight excluding hydrogens is 745 g/mol. The molecule has 1 aliphatic rings. The highest BCUT2D eigenvalue weighted by Crippen LogP contribution is 2.32. The smallest absolute Gasteiger partial charge is 0.406 e. The van der Waals surface area contributed by atoms with Crippen LogP contribution in [0.1, 0.15) is 70.1 Å². The number of urea groups is 1. The van der Waals surface area contributed by atoms with Crippen molar-refractivity contribution >= 4 is 23.9 Å². The van der Waals surface area contributed by atoms with Crippen molar-refractivity contribution in [3.63, 3.8) is 0 Å². The number of alkyl carbamates (subject to hydrolysis) is 1. The molecule has 4 N–H and O–H groups in total. The first kappa shape index (κ1) is 44.4. The number of hydrogen-bond donors (Lipinski definition) is 4. The number of ether oxygens (including phenoxy) is 1. The summed E-state index contributed by atoms with van der Waals surface area (Å²) in [5.74, 6) is -0.978. The lowest BCUT2D eigenvalue weighted by atomic mass is 9.81. The second-order valence-electron chi connectivity index (χ2n) is 17.2. The van der Waals surface area contributed by atoms with Crippen molar-refractivity contribution < 1.29 is 29.0 Å². The maximum absolute atomic E-state index is 14.8. The first-order chi connectivity index (χ1) is 28.1. The van der Waals surface area contributed by atoms with Crippen LogP contribution in [-0.4, -0.2) is 95.3 Å². The predicted molar refractivity (Wildman–Crippen MR) is 229 cm³/mol. The van der Waals surface area contributed by atoms with Gasteiger partial charge in [0, 0.05) is 56.8 Å². The van der Waals surface area contributed by atoms with Crippen molar-refractivity contribution in [2.75, 3.05) is 33.3 Å². The van der Waals surface area contributed by atoms with Crippen LogP contribution in [0.25, 0.3) is 11.3 Å². The van der Waals surface area contributed by atoms with Gasteiger partial charge in [-0.05, 0) is 52.5 Å². The zero-order chi connectivity index (χ0) is 42.6. The molecule has 5 rings (SSSR count). The van der Waals surface area contributed by atoms with E-state index in [1.54, 1.807) is 16.0 Å². The molecule has 0 saturated carbocycles. The van der Waals surface area contributed by atoms with Crippen LogP contribution in [0.2, 0.25) is 0 Å². The van der Waals surface area contributed by atoms with Crippen molar-refractivity contribution in [3.8, 4) is 11.3 Å². The zero-order valence-corrected chi connectivity index (χ0v) is 35.2. The fourth-order valence-corrected chi connectivity index (χ4v) is 7.74. The number of nitrogens with one attached hydrogen (secondary N) is 3. The van der Waals surface area contributed by atoms with E-state index in [2.05, 4.69) is 25.7 Å². The van der Waals surface area contributed by atoms with Crippen molar-refractivity contribution in [1.29, 1.82) is 0 Å². The Hall–Kier alpha value is -5.75. The van der Waals surface area contributed by atoms with Crippen molar-refractivity contribution in [1.82, 2.24) is 30.7 Å². The number of amides is 5. The highest BCUT2D eigenvalue weighted by molar-refractivity contribution is 5.89. The third kappa shape index (κ3) is 12.6. The first-order valence-corrected chi connectivity index (χ1v) is 20.4. The standard InChI is InChI=1S/C47H60N6O6/c1-46(2,3)42(53-28-27-52(45(53)58)31-34-15-9-7-10-16-34)43(56)51-41(39(54)24-26-49-40(55)30-47(4,5)32-50-44(57)59-6)37(35-17-11-8-12-18-35)29-33-20-22-36(23-21-33)38-19-13-14-25-48-38/h7-23,25,37,39,41-42,54H,24,26-32H2,1-6H3,(H,49,55)(H,50,57)(H,51,56). The number of hydrogen-bond acceptors (Lipinski definition) is 7. The van der Waals surface area contributed by atoms with E-state index in [0.717, 1.165) is 27.9 Å². The molecule has 314 valence electrons. The van der Waals surface area contributed by atoms with Crippen LogP contribution in [0.3, 0.4) is 0 Å². The molecule has 1 fully saturated rings.